The van der Waals surface area contributed by atoms with Gasteiger partial charge in [0.2, 0.25) is 0 Å². The van der Waals surface area contributed by atoms with E-state index in [1.165, 1.54) is 6.39 Å². The van der Waals surface area contributed by atoms with Crippen LogP contribution in [0.2, 0.25) is 0 Å². The molecular formula is C15H18N4O3. The molecule has 1 fully saturated rings. The lowest BCUT2D eigenvalue weighted by Gasteiger charge is -2.21. The summed E-state index contributed by atoms with van der Waals surface area (Å²) < 4.78 is 10.7. The molecule has 0 aliphatic carbocycles. The number of nitrogens with one attached hydrogen (secondary N) is 1. The maximum Gasteiger partial charge on any atom is 0.273 e. The first-order valence-electron chi connectivity index (χ1n) is 7.35. The summed E-state index contributed by atoms with van der Waals surface area (Å²) in [5.74, 6) is 0.937. The first-order valence-corrected chi connectivity index (χ1v) is 7.35. The number of hydrogen-bond acceptors (Lipinski definition) is 6. The topological polar surface area (TPSA) is 90.1 Å². The average molecular weight is 302 g/mol. The van der Waals surface area contributed by atoms with Crippen molar-refractivity contribution in [3.05, 3.63) is 41.6 Å². The fourth-order valence-electron chi connectivity index (χ4n) is 2.36. The van der Waals surface area contributed by atoms with Gasteiger partial charge in [0.15, 0.2) is 17.9 Å². The molecule has 1 atom stereocenters. The van der Waals surface area contributed by atoms with Gasteiger partial charge < -0.3 is 14.5 Å². The fourth-order valence-corrected chi connectivity index (χ4v) is 2.36. The highest BCUT2D eigenvalue weighted by atomic mass is 16.5. The van der Waals surface area contributed by atoms with Gasteiger partial charge in [0.1, 0.15) is 11.9 Å². The van der Waals surface area contributed by atoms with E-state index in [4.69, 9.17) is 9.15 Å². The molecule has 2 aromatic rings. The van der Waals surface area contributed by atoms with E-state index < -0.39 is 0 Å². The molecule has 1 amide bonds. The Balaban J connectivity index is 1.57. The van der Waals surface area contributed by atoms with Crippen LogP contribution in [0.15, 0.2) is 23.2 Å². The van der Waals surface area contributed by atoms with Crippen LogP contribution >= 0.6 is 0 Å². The van der Waals surface area contributed by atoms with Gasteiger partial charge in [-0.3, -0.25) is 4.79 Å². The van der Waals surface area contributed by atoms with Crippen LogP contribution in [-0.2, 0) is 11.3 Å². The Labute approximate surface area is 128 Å². The number of hydrogen-bond donors (Lipinski definition) is 1. The van der Waals surface area contributed by atoms with Gasteiger partial charge in [-0.2, -0.15) is 0 Å². The molecule has 7 nitrogen and oxygen atoms in total. The van der Waals surface area contributed by atoms with Gasteiger partial charge in [0, 0.05) is 31.1 Å². The minimum atomic E-state index is -0.272. The largest absolute Gasteiger partial charge is 0.448 e. The first kappa shape index (κ1) is 14.6. The summed E-state index contributed by atoms with van der Waals surface area (Å²) in [4.78, 5) is 24.5. The van der Waals surface area contributed by atoms with Crippen molar-refractivity contribution in [2.75, 3.05) is 6.61 Å². The minimum Gasteiger partial charge on any atom is -0.448 e. The van der Waals surface area contributed by atoms with E-state index in [0.29, 0.717) is 23.8 Å². The molecule has 0 saturated carbocycles. The molecule has 0 bridgehead atoms. The Morgan fingerprint density at radius 3 is 2.77 bits per heavy atom. The van der Waals surface area contributed by atoms with Gasteiger partial charge in [0.05, 0.1) is 0 Å². The molecule has 7 heteroatoms. The molecule has 1 aliphatic rings. The van der Waals surface area contributed by atoms with Crippen molar-refractivity contribution in [3.63, 3.8) is 0 Å². The zero-order valence-corrected chi connectivity index (χ0v) is 12.4. The van der Waals surface area contributed by atoms with E-state index in [2.05, 4.69) is 20.3 Å². The van der Waals surface area contributed by atoms with Gasteiger partial charge in [-0.1, -0.05) is 0 Å². The monoisotopic (exact) mass is 302 g/mol. The maximum atomic E-state index is 11.9. The number of carbonyl (C=O) groups excluding carboxylic acids is 1. The molecule has 0 spiro atoms. The van der Waals surface area contributed by atoms with Gasteiger partial charge in [-0.25, -0.2) is 15.0 Å². The normalized spacial score (nSPS) is 18.1. The molecule has 22 heavy (non-hydrogen) atoms. The summed E-state index contributed by atoms with van der Waals surface area (Å²) >= 11 is 0. The van der Waals surface area contributed by atoms with Crippen LogP contribution in [0.3, 0.4) is 0 Å². The third-order valence-electron chi connectivity index (χ3n) is 3.61. The molecular weight excluding hydrogens is 284 g/mol. The van der Waals surface area contributed by atoms with Crippen molar-refractivity contribution in [2.24, 2.45) is 0 Å². The van der Waals surface area contributed by atoms with Crippen molar-refractivity contribution >= 4 is 5.91 Å². The Bertz CT molecular complexity index is 632. The molecule has 1 N–H and O–H groups in total. The number of carbonyl (C=O) groups is 1. The van der Waals surface area contributed by atoms with E-state index in [0.717, 1.165) is 31.4 Å². The van der Waals surface area contributed by atoms with Crippen LogP contribution < -0.4 is 5.32 Å². The maximum absolute atomic E-state index is 11.9. The highest BCUT2D eigenvalue weighted by Crippen LogP contribution is 2.24. The Kier molecular flexibility index (Phi) is 4.43. The van der Waals surface area contributed by atoms with Crippen LogP contribution in [0.4, 0.5) is 0 Å². The lowest BCUT2D eigenvalue weighted by Crippen LogP contribution is -2.24. The molecule has 0 aromatic carbocycles. The second-order valence-electron chi connectivity index (χ2n) is 5.24. The zero-order valence-electron chi connectivity index (χ0n) is 12.4. The van der Waals surface area contributed by atoms with Crippen molar-refractivity contribution in [1.29, 1.82) is 0 Å². The van der Waals surface area contributed by atoms with Crippen LogP contribution in [-0.4, -0.2) is 27.5 Å². The second-order valence-corrected chi connectivity index (χ2v) is 5.24. The van der Waals surface area contributed by atoms with E-state index in [-0.39, 0.29) is 12.0 Å². The molecule has 1 aliphatic heterocycles. The summed E-state index contributed by atoms with van der Waals surface area (Å²) in [7, 11) is 0. The first-order chi connectivity index (χ1) is 10.7. The average Bonchev–Trinajstić information content (AvgIpc) is 3.00. The van der Waals surface area contributed by atoms with E-state index in [1.54, 1.807) is 19.3 Å². The number of aryl methyl sites for hydroxylation is 1. The number of rotatable bonds is 4. The number of aromatic nitrogens is 3. The van der Waals surface area contributed by atoms with Crippen LogP contribution in [0, 0.1) is 6.92 Å². The van der Waals surface area contributed by atoms with Gasteiger partial charge in [-0.05, 0) is 26.2 Å². The highest BCUT2D eigenvalue weighted by Gasteiger charge is 2.18. The number of amides is 1. The summed E-state index contributed by atoms with van der Waals surface area (Å²) in [5.41, 5.74) is 1.13. The van der Waals surface area contributed by atoms with Gasteiger partial charge in [0.25, 0.3) is 5.91 Å². The molecule has 3 heterocycles. The Hall–Kier alpha value is -2.28. The lowest BCUT2D eigenvalue weighted by molar-refractivity contribution is 0.00940. The Morgan fingerprint density at radius 1 is 1.32 bits per heavy atom. The molecule has 1 saturated heterocycles. The standard InChI is InChI=1S/C15H18N4O3/c1-10-13(19-9-22-10)15(20)18-8-11-6-16-14(17-7-11)12-4-2-3-5-21-12/h6-7,9,12H,2-5,8H2,1H3,(H,18,20). The highest BCUT2D eigenvalue weighted by molar-refractivity contribution is 5.92. The van der Waals surface area contributed by atoms with Crippen molar-refractivity contribution in [1.82, 2.24) is 20.3 Å². The SMILES string of the molecule is Cc1ocnc1C(=O)NCc1cnc(C2CCCCO2)nc1. The quantitative estimate of drug-likeness (QED) is 0.928. The number of oxazole rings is 1. The lowest BCUT2D eigenvalue weighted by atomic mass is 10.1. The number of nitrogens with zero attached hydrogens (tertiary/aromatic N) is 3. The zero-order chi connectivity index (χ0) is 15.4. The predicted molar refractivity (Wildman–Crippen MR) is 77.0 cm³/mol. The van der Waals surface area contributed by atoms with Gasteiger partial charge >= 0.3 is 0 Å². The molecule has 3 rings (SSSR count). The number of ether oxygens (including phenoxy) is 1. The predicted octanol–water partition coefficient (Wildman–Crippen LogP) is 1.94. The molecule has 116 valence electrons. The van der Waals surface area contributed by atoms with Gasteiger partial charge in [-0.15, -0.1) is 0 Å². The van der Waals surface area contributed by atoms with Crippen molar-refractivity contribution in [2.45, 2.75) is 38.8 Å². The molecule has 2 aromatic heterocycles. The van der Waals surface area contributed by atoms with Crippen LogP contribution in [0.5, 0.6) is 0 Å². The third-order valence-corrected chi connectivity index (χ3v) is 3.61. The molecule has 1 unspecified atom stereocenters. The van der Waals surface area contributed by atoms with Crippen LogP contribution in [0.25, 0.3) is 0 Å². The van der Waals surface area contributed by atoms with E-state index in [1.807, 2.05) is 0 Å². The molecule has 0 radical (unpaired) electrons. The summed E-state index contributed by atoms with van der Waals surface area (Å²) in [6, 6.07) is 0. The fraction of sp³-hybridized carbons (Fsp3) is 0.467. The van der Waals surface area contributed by atoms with E-state index >= 15 is 0 Å². The van der Waals surface area contributed by atoms with E-state index in [9.17, 15) is 4.79 Å². The second kappa shape index (κ2) is 6.65. The third kappa shape index (κ3) is 3.30. The van der Waals surface area contributed by atoms with Crippen molar-refractivity contribution < 1.29 is 13.9 Å². The summed E-state index contributed by atoms with van der Waals surface area (Å²) in [6.07, 6.45) is 7.89. The van der Waals surface area contributed by atoms with Crippen LogP contribution in [0.1, 0.15) is 53.0 Å². The minimum absolute atomic E-state index is 0.00447. The smallest absolute Gasteiger partial charge is 0.273 e. The summed E-state index contributed by atoms with van der Waals surface area (Å²) in [6.45, 7) is 2.81. The summed E-state index contributed by atoms with van der Waals surface area (Å²) in [5, 5.41) is 2.77. The van der Waals surface area contributed by atoms with Crippen molar-refractivity contribution in [3.8, 4) is 0 Å². The Morgan fingerprint density at radius 2 is 2.14 bits per heavy atom.